The Hall–Kier alpha value is -4.24. The number of nitrogens with one attached hydrogen (secondary N) is 1. The van der Waals surface area contributed by atoms with Crippen LogP contribution in [0.15, 0.2) is 81.9 Å². The Labute approximate surface area is 217 Å². The van der Waals surface area contributed by atoms with Gasteiger partial charge in [-0.15, -0.1) is 0 Å². The van der Waals surface area contributed by atoms with Crippen molar-refractivity contribution in [2.75, 3.05) is 25.6 Å². The van der Waals surface area contributed by atoms with E-state index in [4.69, 9.17) is 4.74 Å². The Bertz CT molecular complexity index is 1660. The van der Waals surface area contributed by atoms with Crippen LogP contribution in [0.2, 0.25) is 0 Å². The number of rotatable bonds is 6. The summed E-state index contributed by atoms with van der Waals surface area (Å²) in [7, 11) is 3.93. The van der Waals surface area contributed by atoms with Gasteiger partial charge in [-0.2, -0.15) is 5.10 Å². The predicted octanol–water partition coefficient (Wildman–Crippen LogP) is 3.25. The number of anilines is 1. The summed E-state index contributed by atoms with van der Waals surface area (Å²) in [5, 5.41) is 7.23. The lowest BCUT2D eigenvalue weighted by Crippen LogP contribution is -2.39. The van der Waals surface area contributed by atoms with Crippen molar-refractivity contribution in [1.29, 1.82) is 0 Å². The van der Waals surface area contributed by atoms with E-state index in [0.717, 1.165) is 28.1 Å². The number of carbonyl (C=O) groups excluding carboxylic acids is 1. The monoisotopic (exact) mass is 513 g/mol. The second-order valence-electron chi connectivity index (χ2n) is 8.85. The molecule has 0 aliphatic carbocycles. The van der Waals surface area contributed by atoms with Crippen molar-refractivity contribution in [1.82, 2.24) is 14.8 Å². The van der Waals surface area contributed by atoms with Crippen LogP contribution in [-0.4, -0.2) is 41.4 Å². The molecule has 1 aliphatic rings. The third kappa shape index (κ3) is 4.53. The molecule has 0 spiro atoms. The van der Waals surface area contributed by atoms with Crippen LogP contribution in [0.3, 0.4) is 0 Å². The minimum atomic E-state index is -0.647. The molecule has 0 bridgehead atoms. The van der Waals surface area contributed by atoms with Gasteiger partial charge in [0.05, 0.1) is 40.3 Å². The topological polar surface area (TPSA) is 92.6 Å². The van der Waals surface area contributed by atoms with E-state index in [-0.39, 0.29) is 12.2 Å². The highest BCUT2D eigenvalue weighted by Crippen LogP contribution is 2.31. The molecule has 0 saturated carbocycles. The van der Waals surface area contributed by atoms with Gasteiger partial charge in [-0.1, -0.05) is 53.8 Å². The largest absolute Gasteiger partial charge is 0.463 e. The van der Waals surface area contributed by atoms with E-state index >= 15 is 0 Å². The van der Waals surface area contributed by atoms with Crippen LogP contribution in [0, 0.1) is 0 Å². The van der Waals surface area contributed by atoms with Gasteiger partial charge in [-0.3, -0.25) is 14.5 Å². The third-order valence-corrected chi connectivity index (χ3v) is 7.24. The summed E-state index contributed by atoms with van der Waals surface area (Å²) in [5.74, 6) is -0.471. The minimum absolute atomic E-state index is 0.222. The molecule has 2 aromatic carbocycles. The molecule has 188 valence electrons. The van der Waals surface area contributed by atoms with E-state index in [9.17, 15) is 9.59 Å². The normalized spacial score (nSPS) is 15.4. The van der Waals surface area contributed by atoms with E-state index in [2.05, 4.69) is 15.2 Å². The molecule has 1 atom stereocenters. The lowest BCUT2D eigenvalue weighted by Gasteiger charge is -2.25. The molecule has 2 aromatic heterocycles. The van der Waals surface area contributed by atoms with Crippen molar-refractivity contribution >= 4 is 29.1 Å². The fraction of sp³-hybridized carbons (Fsp3) is 0.214. The van der Waals surface area contributed by atoms with E-state index in [1.165, 1.54) is 11.3 Å². The second-order valence-corrected chi connectivity index (χ2v) is 9.86. The summed E-state index contributed by atoms with van der Waals surface area (Å²) in [6.07, 6.45) is 3.53. The molecule has 1 unspecified atom stereocenters. The van der Waals surface area contributed by atoms with Gasteiger partial charge in [0.2, 0.25) is 0 Å². The fourth-order valence-corrected chi connectivity index (χ4v) is 5.48. The highest BCUT2D eigenvalue weighted by atomic mass is 32.1. The summed E-state index contributed by atoms with van der Waals surface area (Å²) < 4.78 is 7.48. The molecule has 8 nitrogen and oxygen atoms in total. The van der Waals surface area contributed by atoms with Gasteiger partial charge in [0.1, 0.15) is 0 Å². The van der Waals surface area contributed by atoms with Crippen molar-refractivity contribution < 1.29 is 9.53 Å². The highest BCUT2D eigenvalue weighted by molar-refractivity contribution is 7.07. The number of allylic oxidation sites excluding steroid dienone is 1. The van der Waals surface area contributed by atoms with Crippen molar-refractivity contribution in [3.05, 3.63) is 103 Å². The number of H-pyrrole nitrogens is 1. The lowest BCUT2D eigenvalue weighted by molar-refractivity contribution is -0.139. The molecule has 37 heavy (non-hydrogen) atoms. The first-order chi connectivity index (χ1) is 17.9. The lowest BCUT2D eigenvalue weighted by atomic mass is 9.95. The van der Waals surface area contributed by atoms with Crippen LogP contribution in [0.25, 0.3) is 17.3 Å². The van der Waals surface area contributed by atoms with Crippen LogP contribution in [0.1, 0.15) is 31.0 Å². The van der Waals surface area contributed by atoms with Gasteiger partial charge >= 0.3 is 5.97 Å². The van der Waals surface area contributed by atoms with E-state index in [1.807, 2.05) is 79.7 Å². The summed E-state index contributed by atoms with van der Waals surface area (Å²) >= 11 is 1.29. The Morgan fingerprint density at radius 1 is 1.16 bits per heavy atom. The molecule has 5 rings (SSSR count). The van der Waals surface area contributed by atoms with Crippen molar-refractivity contribution in [3.63, 3.8) is 0 Å². The number of hydrogen-bond donors (Lipinski definition) is 1. The number of ether oxygens (including phenoxy) is 1. The smallest absolute Gasteiger partial charge is 0.338 e. The van der Waals surface area contributed by atoms with Crippen molar-refractivity contribution in [2.24, 2.45) is 4.99 Å². The Morgan fingerprint density at radius 2 is 1.89 bits per heavy atom. The number of benzene rings is 2. The number of carbonyl (C=O) groups is 1. The molecule has 1 aliphatic heterocycles. The maximum Gasteiger partial charge on any atom is 0.338 e. The number of nitrogens with zero attached hydrogens (tertiary/aromatic N) is 4. The third-order valence-electron chi connectivity index (χ3n) is 6.26. The van der Waals surface area contributed by atoms with Gasteiger partial charge in [0, 0.05) is 30.9 Å². The maximum atomic E-state index is 13.8. The number of thiazole rings is 1. The van der Waals surface area contributed by atoms with Crippen LogP contribution in [0.5, 0.6) is 0 Å². The molecule has 9 heteroatoms. The quantitative estimate of drug-likeness (QED) is 0.400. The zero-order valence-corrected chi connectivity index (χ0v) is 21.9. The standard InChI is InChI=1S/C28H27N5O3S/c1-5-36-27(35)23-17(2)30-28-33(25(23)19-11-13-21(14-12-19)32(3)4)26(34)22(37-28)15-20-16-29-31-24(20)18-9-7-6-8-10-18/h6-16,25H,5H2,1-4H3,(H,29,31)/b22-15+. The summed E-state index contributed by atoms with van der Waals surface area (Å²) in [6, 6.07) is 17.0. The predicted molar refractivity (Wildman–Crippen MR) is 145 cm³/mol. The Morgan fingerprint density at radius 3 is 2.57 bits per heavy atom. The molecule has 0 amide bonds. The molecule has 1 N–H and O–H groups in total. The van der Waals surface area contributed by atoms with Crippen LogP contribution < -0.4 is 19.8 Å². The number of esters is 1. The molecule has 0 fully saturated rings. The van der Waals surface area contributed by atoms with E-state index in [1.54, 1.807) is 24.6 Å². The summed E-state index contributed by atoms with van der Waals surface area (Å²) in [4.78, 5) is 34.1. The molecule has 0 saturated heterocycles. The zero-order valence-electron chi connectivity index (χ0n) is 21.1. The van der Waals surface area contributed by atoms with Gasteiger partial charge in [-0.05, 0) is 37.6 Å². The highest BCUT2D eigenvalue weighted by Gasteiger charge is 2.33. The molecule has 3 heterocycles. The average Bonchev–Trinajstić information content (AvgIpc) is 3.48. The first-order valence-electron chi connectivity index (χ1n) is 11.9. The molecular weight excluding hydrogens is 486 g/mol. The number of aromatic amines is 1. The van der Waals surface area contributed by atoms with Crippen molar-refractivity contribution in [2.45, 2.75) is 19.9 Å². The van der Waals surface area contributed by atoms with Gasteiger partial charge in [0.25, 0.3) is 5.56 Å². The van der Waals surface area contributed by atoms with E-state index in [0.29, 0.717) is 20.6 Å². The molecule has 0 radical (unpaired) electrons. The number of aromatic nitrogens is 3. The zero-order chi connectivity index (χ0) is 26.1. The van der Waals surface area contributed by atoms with Crippen LogP contribution in [0.4, 0.5) is 5.69 Å². The van der Waals surface area contributed by atoms with Gasteiger partial charge in [-0.25, -0.2) is 9.79 Å². The Balaban J connectivity index is 1.69. The Kier molecular flexibility index (Phi) is 6.62. The SMILES string of the molecule is CCOC(=O)C1=C(C)N=c2s/c(=C/c3cn[nH]c3-c3ccccc3)c(=O)n2C1c1ccc(N(C)C)cc1. The first kappa shape index (κ1) is 24.5. The summed E-state index contributed by atoms with van der Waals surface area (Å²) in [6.45, 7) is 3.78. The van der Waals surface area contributed by atoms with Crippen LogP contribution in [-0.2, 0) is 9.53 Å². The van der Waals surface area contributed by atoms with Crippen LogP contribution >= 0.6 is 11.3 Å². The van der Waals surface area contributed by atoms with Gasteiger partial charge in [0.15, 0.2) is 4.80 Å². The first-order valence-corrected chi connectivity index (χ1v) is 12.8. The molecule has 4 aromatic rings. The average molecular weight is 514 g/mol. The maximum absolute atomic E-state index is 13.8. The molecular formula is C28H27N5O3S. The summed E-state index contributed by atoms with van der Waals surface area (Å²) in [5.41, 5.74) is 5.10. The van der Waals surface area contributed by atoms with Gasteiger partial charge < -0.3 is 9.64 Å². The minimum Gasteiger partial charge on any atom is -0.463 e. The number of hydrogen-bond acceptors (Lipinski definition) is 7. The number of fused-ring (bicyclic) bond motifs is 1. The second kappa shape index (κ2) is 10.0. The fourth-order valence-electron chi connectivity index (χ4n) is 4.44. The van der Waals surface area contributed by atoms with Crippen molar-refractivity contribution in [3.8, 4) is 11.3 Å². The van der Waals surface area contributed by atoms with E-state index < -0.39 is 12.0 Å².